The van der Waals surface area contributed by atoms with Crippen LogP contribution in [0.4, 0.5) is 0 Å². The molecule has 8 heteroatoms. The molecular formula is C26H32IN5O2. The monoisotopic (exact) mass is 573 g/mol. The van der Waals surface area contributed by atoms with E-state index in [0.717, 1.165) is 50.0 Å². The number of halogens is 1. The van der Waals surface area contributed by atoms with Gasteiger partial charge in [0.15, 0.2) is 5.96 Å². The number of oxazole rings is 1. The zero-order valence-corrected chi connectivity index (χ0v) is 22.0. The lowest BCUT2D eigenvalue weighted by Crippen LogP contribution is -2.50. The van der Waals surface area contributed by atoms with Crippen molar-refractivity contribution in [2.75, 3.05) is 33.3 Å². The van der Waals surface area contributed by atoms with Gasteiger partial charge in [-0.3, -0.25) is 9.89 Å². The zero-order chi connectivity index (χ0) is 22.6. The first kappa shape index (κ1) is 24.7. The third-order valence-corrected chi connectivity index (χ3v) is 6.43. The van der Waals surface area contributed by atoms with Crippen LogP contribution < -0.4 is 5.32 Å². The van der Waals surface area contributed by atoms with Crippen molar-refractivity contribution in [3.63, 3.8) is 0 Å². The maximum Gasteiger partial charge on any atom is 0.226 e. The molecule has 34 heavy (non-hydrogen) atoms. The van der Waals surface area contributed by atoms with Gasteiger partial charge < -0.3 is 19.4 Å². The fourth-order valence-electron chi connectivity index (χ4n) is 4.66. The van der Waals surface area contributed by atoms with E-state index in [1.165, 1.54) is 11.1 Å². The number of guanidine groups is 1. The fraction of sp³-hybridized carbons (Fsp3) is 0.385. The van der Waals surface area contributed by atoms with Crippen LogP contribution in [-0.2, 0) is 17.8 Å². The van der Waals surface area contributed by atoms with Gasteiger partial charge in [0, 0.05) is 38.8 Å². The summed E-state index contributed by atoms with van der Waals surface area (Å²) in [4.78, 5) is 14.0. The summed E-state index contributed by atoms with van der Waals surface area (Å²) in [6.07, 6.45) is 1.91. The molecule has 0 spiro atoms. The summed E-state index contributed by atoms with van der Waals surface area (Å²) in [5.74, 6) is 1.51. The van der Waals surface area contributed by atoms with Crippen LogP contribution in [0.25, 0.3) is 11.5 Å². The molecule has 5 rings (SSSR count). The minimum atomic E-state index is 0. The van der Waals surface area contributed by atoms with Gasteiger partial charge in [-0.2, -0.15) is 0 Å². The smallest absolute Gasteiger partial charge is 0.226 e. The maximum atomic E-state index is 6.12. The van der Waals surface area contributed by atoms with Gasteiger partial charge in [0.2, 0.25) is 5.89 Å². The molecule has 2 aromatic carbocycles. The van der Waals surface area contributed by atoms with Gasteiger partial charge in [0.1, 0.15) is 6.26 Å². The molecule has 1 N–H and O–H groups in total. The van der Waals surface area contributed by atoms with Crippen molar-refractivity contribution in [2.24, 2.45) is 4.99 Å². The molecule has 2 unspecified atom stereocenters. The number of benzene rings is 2. The molecule has 0 bridgehead atoms. The van der Waals surface area contributed by atoms with E-state index in [0.29, 0.717) is 18.5 Å². The summed E-state index contributed by atoms with van der Waals surface area (Å²) < 4.78 is 11.8. The van der Waals surface area contributed by atoms with Crippen molar-refractivity contribution in [3.8, 4) is 11.5 Å². The normalized spacial score (nSPS) is 20.6. The molecule has 2 aliphatic rings. The molecule has 0 aliphatic carbocycles. The Morgan fingerprint density at radius 3 is 2.68 bits per heavy atom. The van der Waals surface area contributed by atoms with Crippen LogP contribution >= 0.6 is 24.0 Å². The number of aryl methyl sites for hydroxylation is 1. The van der Waals surface area contributed by atoms with Gasteiger partial charge in [-0.1, -0.05) is 48.0 Å². The van der Waals surface area contributed by atoms with E-state index in [1.807, 2.05) is 19.2 Å². The first-order valence-corrected chi connectivity index (χ1v) is 11.6. The van der Waals surface area contributed by atoms with Gasteiger partial charge in [-0.05, 0) is 24.6 Å². The molecule has 3 aromatic rings. The summed E-state index contributed by atoms with van der Waals surface area (Å²) >= 11 is 0. The zero-order valence-electron chi connectivity index (χ0n) is 19.7. The van der Waals surface area contributed by atoms with Crippen molar-refractivity contribution in [2.45, 2.75) is 32.2 Å². The summed E-state index contributed by atoms with van der Waals surface area (Å²) in [6.45, 7) is 7.04. The summed E-state index contributed by atoms with van der Waals surface area (Å²) in [5, 5.41) is 3.46. The molecule has 1 aromatic heterocycles. The predicted octanol–water partition coefficient (Wildman–Crippen LogP) is 3.93. The highest BCUT2D eigenvalue weighted by Gasteiger charge is 2.41. The Morgan fingerprint density at radius 1 is 1.12 bits per heavy atom. The molecule has 2 aliphatic heterocycles. The minimum Gasteiger partial charge on any atom is -0.444 e. The number of ether oxygens (including phenoxy) is 1. The Morgan fingerprint density at radius 2 is 1.91 bits per heavy atom. The lowest BCUT2D eigenvalue weighted by Gasteiger charge is -2.36. The van der Waals surface area contributed by atoms with Crippen molar-refractivity contribution in [1.29, 1.82) is 0 Å². The van der Waals surface area contributed by atoms with E-state index in [1.54, 1.807) is 6.26 Å². The molecule has 7 nitrogen and oxygen atoms in total. The predicted molar refractivity (Wildman–Crippen MR) is 144 cm³/mol. The molecule has 0 saturated carbocycles. The third kappa shape index (κ3) is 5.61. The number of aromatic nitrogens is 1. The number of hydrogen-bond acceptors (Lipinski definition) is 5. The largest absolute Gasteiger partial charge is 0.444 e. The minimum absolute atomic E-state index is 0. The number of likely N-dealkylation sites (tertiary alicyclic amines) is 1. The third-order valence-electron chi connectivity index (χ3n) is 6.43. The average Bonchev–Trinajstić information content (AvgIpc) is 3.49. The number of morpholine rings is 1. The Balaban J connectivity index is 0.00000274. The Hall–Kier alpha value is -2.43. The van der Waals surface area contributed by atoms with Gasteiger partial charge in [-0.15, -0.1) is 24.0 Å². The van der Waals surface area contributed by atoms with Crippen LogP contribution in [0, 0.1) is 6.92 Å². The highest BCUT2D eigenvalue weighted by atomic mass is 127. The van der Waals surface area contributed by atoms with Gasteiger partial charge >= 0.3 is 0 Å². The Labute approximate surface area is 218 Å². The summed E-state index contributed by atoms with van der Waals surface area (Å²) in [5.41, 5.74) is 4.39. The van der Waals surface area contributed by atoms with Crippen molar-refractivity contribution < 1.29 is 9.15 Å². The van der Waals surface area contributed by atoms with E-state index in [4.69, 9.17) is 9.15 Å². The number of aliphatic imine (C=N–C) groups is 1. The molecule has 2 fully saturated rings. The highest BCUT2D eigenvalue weighted by molar-refractivity contribution is 14.0. The standard InChI is InChI=1S/C26H31N5O2.HI/c1-19-8-10-21(11-9-19)25-29-22(18-33-25)14-28-26(27-2)31-16-23-24(17-31)32-13-12-30(23)15-20-6-4-3-5-7-20;/h3-11,18,23-24H,12-17H2,1-2H3,(H,27,28);1H. The fourth-order valence-corrected chi connectivity index (χ4v) is 4.66. The molecule has 2 saturated heterocycles. The number of rotatable bonds is 5. The van der Waals surface area contributed by atoms with Crippen molar-refractivity contribution in [3.05, 3.63) is 77.7 Å². The van der Waals surface area contributed by atoms with Gasteiger partial charge in [0.25, 0.3) is 0 Å². The molecular weight excluding hydrogens is 541 g/mol. The van der Waals surface area contributed by atoms with Crippen LogP contribution in [0.15, 0.2) is 70.3 Å². The van der Waals surface area contributed by atoms with E-state index < -0.39 is 0 Å². The molecule has 3 heterocycles. The summed E-state index contributed by atoms with van der Waals surface area (Å²) in [6, 6.07) is 19.2. The van der Waals surface area contributed by atoms with E-state index in [2.05, 4.69) is 74.5 Å². The van der Waals surface area contributed by atoms with Crippen LogP contribution in [-0.4, -0.2) is 66.2 Å². The van der Waals surface area contributed by atoms with E-state index in [-0.39, 0.29) is 30.1 Å². The highest BCUT2D eigenvalue weighted by Crippen LogP contribution is 2.25. The van der Waals surface area contributed by atoms with Crippen molar-refractivity contribution in [1.82, 2.24) is 20.1 Å². The second kappa shape index (κ2) is 11.3. The van der Waals surface area contributed by atoms with Crippen LogP contribution in [0.5, 0.6) is 0 Å². The quantitative estimate of drug-likeness (QED) is 0.284. The topological polar surface area (TPSA) is 66.1 Å². The van der Waals surface area contributed by atoms with Crippen LogP contribution in [0.2, 0.25) is 0 Å². The molecule has 180 valence electrons. The first-order valence-electron chi connectivity index (χ1n) is 11.6. The summed E-state index contributed by atoms with van der Waals surface area (Å²) in [7, 11) is 1.83. The van der Waals surface area contributed by atoms with Crippen LogP contribution in [0.1, 0.15) is 16.8 Å². The number of nitrogens with one attached hydrogen (secondary N) is 1. The SMILES string of the molecule is CN=C(NCc1coc(-c2ccc(C)cc2)n1)N1CC2OCCN(Cc3ccccc3)C2C1.I. The lowest BCUT2D eigenvalue weighted by atomic mass is 10.1. The van der Waals surface area contributed by atoms with Crippen LogP contribution in [0.3, 0.4) is 0 Å². The maximum absolute atomic E-state index is 6.12. The second-order valence-corrected chi connectivity index (χ2v) is 8.75. The van der Waals surface area contributed by atoms with E-state index >= 15 is 0 Å². The molecule has 0 radical (unpaired) electrons. The number of hydrogen-bond donors (Lipinski definition) is 1. The van der Waals surface area contributed by atoms with E-state index in [9.17, 15) is 0 Å². The molecule has 0 amide bonds. The average molecular weight is 573 g/mol. The Kier molecular flexibility index (Phi) is 8.23. The molecule has 2 atom stereocenters. The van der Waals surface area contributed by atoms with Gasteiger partial charge in [-0.25, -0.2) is 4.98 Å². The second-order valence-electron chi connectivity index (χ2n) is 8.75. The number of nitrogens with zero attached hydrogens (tertiary/aromatic N) is 4. The number of fused-ring (bicyclic) bond motifs is 1. The lowest BCUT2D eigenvalue weighted by molar-refractivity contribution is -0.0502. The Bertz CT molecular complexity index is 1090. The van der Waals surface area contributed by atoms with Crippen molar-refractivity contribution >= 4 is 29.9 Å². The van der Waals surface area contributed by atoms with Gasteiger partial charge in [0.05, 0.1) is 31.0 Å². The first-order chi connectivity index (χ1) is 16.2.